The molecule has 0 aromatic rings. The summed E-state index contributed by atoms with van der Waals surface area (Å²) in [6.07, 6.45) is 9.40. The Morgan fingerprint density at radius 3 is 2.68 bits per heavy atom. The first kappa shape index (κ1) is 14.9. The van der Waals surface area contributed by atoms with Crippen molar-refractivity contribution in [1.29, 1.82) is 0 Å². The van der Waals surface area contributed by atoms with Crippen LogP contribution in [0.4, 0.5) is 0 Å². The first-order valence-electron chi connectivity index (χ1n) is 9.28. The fourth-order valence-corrected chi connectivity index (χ4v) is 6.88. The fourth-order valence-electron chi connectivity index (χ4n) is 6.88. The Morgan fingerprint density at radius 2 is 1.91 bits per heavy atom. The van der Waals surface area contributed by atoms with Crippen LogP contribution in [0, 0.1) is 34.5 Å². The van der Waals surface area contributed by atoms with Crippen molar-refractivity contribution in [2.24, 2.45) is 34.5 Å². The van der Waals surface area contributed by atoms with E-state index in [4.69, 9.17) is 0 Å². The molecule has 2 heteroatoms. The highest BCUT2D eigenvalue weighted by Crippen LogP contribution is 2.66. The van der Waals surface area contributed by atoms with E-state index < -0.39 is 0 Å². The maximum absolute atomic E-state index is 11.9. The molecular formula is C20H30O2. The Hall–Kier alpha value is -0.630. The zero-order valence-corrected chi connectivity index (χ0v) is 14.3. The Bertz CT molecular complexity index is 536. The molecule has 4 aliphatic rings. The lowest BCUT2D eigenvalue weighted by Gasteiger charge is -2.59. The second-order valence-electron chi connectivity index (χ2n) is 9.16. The van der Waals surface area contributed by atoms with Crippen LogP contribution >= 0.6 is 0 Å². The van der Waals surface area contributed by atoms with Gasteiger partial charge in [0, 0.05) is 6.42 Å². The molecule has 0 aliphatic heterocycles. The molecule has 7 atom stereocenters. The fraction of sp³-hybridized carbons (Fsp3) is 0.850. The van der Waals surface area contributed by atoms with Crippen LogP contribution in [0.3, 0.4) is 0 Å². The molecule has 22 heavy (non-hydrogen) atoms. The molecule has 4 aliphatic carbocycles. The van der Waals surface area contributed by atoms with Crippen molar-refractivity contribution in [2.45, 2.75) is 71.8 Å². The van der Waals surface area contributed by atoms with E-state index >= 15 is 0 Å². The molecular weight excluding hydrogens is 272 g/mol. The van der Waals surface area contributed by atoms with E-state index in [1.165, 1.54) is 24.8 Å². The molecule has 3 fully saturated rings. The van der Waals surface area contributed by atoms with Crippen LogP contribution in [-0.4, -0.2) is 17.0 Å². The largest absolute Gasteiger partial charge is 0.393 e. The molecule has 0 amide bonds. The third-order valence-corrected chi connectivity index (χ3v) is 8.26. The number of aliphatic hydroxyl groups is 1. The molecule has 0 spiro atoms. The van der Waals surface area contributed by atoms with Crippen molar-refractivity contribution in [3.63, 3.8) is 0 Å². The van der Waals surface area contributed by atoms with E-state index in [0.29, 0.717) is 17.6 Å². The average Bonchev–Trinajstić information content (AvgIpc) is 2.77. The highest BCUT2D eigenvalue weighted by Gasteiger charge is 2.60. The van der Waals surface area contributed by atoms with Crippen molar-refractivity contribution in [1.82, 2.24) is 0 Å². The van der Waals surface area contributed by atoms with Crippen molar-refractivity contribution in [3.05, 3.63) is 11.6 Å². The second kappa shape index (κ2) is 4.69. The Morgan fingerprint density at radius 1 is 1.14 bits per heavy atom. The molecule has 0 heterocycles. The van der Waals surface area contributed by atoms with Crippen LogP contribution in [0.25, 0.3) is 0 Å². The van der Waals surface area contributed by atoms with Gasteiger partial charge >= 0.3 is 0 Å². The lowest BCUT2D eigenvalue weighted by Crippen LogP contribution is -2.53. The molecule has 0 bridgehead atoms. The quantitative estimate of drug-likeness (QED) is 0.730. The summed E-state index contributed by atoms with van der Waals surface area (Å²) >= 11 is 0. The molecule has 2 nitrogen and oxygen atoms in total. The van der Waals surface area contributed by atoms with Crippen LogP contribution in [0.5, 0.6) is 0 Å². The lowest BCUT2D eigenvalue weighted by molar-refractivity contribution is -0.119. The van der Waals surface area contributed by atoms with Gasteiger partial charge in [0.05, 0.1) is 6.10 Å². The zero-order valence-electron chi connectivity index (χ0n) is 14.3. The maximum atomic E-state index is 11.9. The summed E-state index contributed by atoms with van der Waals surface area (Å²) in [5.41, 5.74) is 1.84. The van der Waals surface area contributed by atoms with Crippen LogP contribution in [0.2, 0.25) is 0 Å². The van der Waals surface area contributed by atoms with Crippen molar-refractivity contribution < 1.29 is 9.90 Å². The average molecular weight is 302 g/mol. The Kier molecular flexibility index (Phi) is 3.18. The molecule has 2 unspecified atom stereocenters. The standard InChI is InChI=1S/C20H30O2/c1-12-10-13-11-14(21)6-8-19(13,2)16-7-9-20(3)15(18(12)16)4-5-17(20)22/h11-12,15-18,22H,4-10H2,1-3H3/t12-,15?,16+,17+,18?,19+,20+/m1/s1. The molecule has 0 aromatic carbocycles. The van der Waals surface area contributed by atoms with Gasteiger partial charge in [-0.3, -0.25) is 4.79 Å². The number of hydrogen-bond acceptors (Lipinski definition) is 2. The van der Waals surface area contributed by atoms with E-state index in [0.717, 1.165) is 37.5 Å². The minimum atomic E-state index is -0.0941. The van der Waals surface area contributed by atoms with E-state index in [9.17, 15) is 9.90 Å². The highest BCUT2D eigenvalue weighted by molar-refractivity contribution is 5.91. The number of carbonyl (C=O) groups is 1. The second-order valence-corrected chi connectivity index (χ2v) is 9.16. The van der Waals surface area contributed by atoms with Gasteiger partial charge in [0.1, 0.15) is 0 Å². The van der Waals surface area contributed by atoms with Gasteiger partial charge in [-0.25, -0.2) is 0 Å². The topological polar surface area (TPSA) is 37.3 Å². The predicted molar refractivity (Wildman–Crippen MR) is 87.3 cm³/mol. The molecule has 4 rings (SSSR count). The van der Waals surface area contributed by atoms with Crippen LogP contribution in [0.1, 0.15) is 65.7 Å². The lowest BCUT2D eigenvalue weighted by atomic mass is 9.45. The third-order valence-electron chi connectivity index (χ3n) is 8.26. The smallest absolute Gasteiger partial charge is 0.155 e. The first-order chi connectivity index (χ1) is 10.4. The third kappa shape index (κ3) is 1.79. The number of aliphatic hydroxyl groups excluding tert-OH is 1. The van der Waals surface area contributed by atoms with Crippen molar-refractivity contribution >= 4 is 5.78 Å². The van der Waals surface area contributed by atoms with E-state index in [1.54, 1.807) is 0 Å². The summed E-state index contributed by atoms with van der Waals surface area (Å²) in [6, 6.07) is 0. The van der Waals surface area contributed by atoms with Crippen LogP contribution in [-0.2, 0) is 4.79 Å². The number of ketones is 1. The molecule has 1 N–H and O–H groups in total. The van der Waals surface area contributed by atoms with Crippen molar-refractivity contribution in [3.8, 4) is 0 Å². The summed E-state index contributed by atoms with van der Waals surface area (Å²) in [4.78, 5) is 11.9. The Balaban J connectivity index is 1.74. The summed E-state index contributed by atoms with van der Waals surface area (Å²) in [6.45, 7) is 7.17. The highest BCUT2D eigenvalue weighted by atomic mass is 16.3. The number of carbonyl (C=O) groups excluding carboxylic acids is 1. The minimum Gasteiger partial charge on any atom is -0.393 e. The number of rotatable bonds is 0. The summed E-state index contributed by atoms with van der Waals surface area (Å²) in [5.74, 6) is 3.15. The van der Waals surface area contributed by atoms with E-state index in [2.05, 4.69) is 20.8 Å². The molecule has 0 saturated heterocycles. The van der Waals surface area contributed by atoms with Gasteiger partial charge < -0.3 is 5.11 Å². The molecule has 0 radical (unpaired) electrons. The monoisotopic (exact) mass is 302 g/mol. The maximum Gasteiger partial charge on any atom is 0.155 e. The van der Waals surface area contributed by atoms with E-state index in [-0.39, 0.29) is 16.9 Å². The zero-order chi connectivity index (χ0) is 15.7. The summed E-state index contributed by atoms with van der Waals surface area (Å²) in [7, 11) is 0. The van der Waals surface area contributed by atoms with Gasteiger partial charge in [0.25, 0.3) is 0 Å². The SMILES string of the molecule is C[C@@H]1CC2=CC(=O)CC[C@]2(C)[C@H]2CC[C@@]3(C)C(CC[C@@H]3O)C12. The molecule has 122 valence electrons. The Labute approximate surface area is 134 Å². The summed E-state index contributed by atoms with van der Waals surface area (Å²) in [5, 5.41) is 10.5. The van der Waals surface area contributed by atoms with Crippen LogP contribution in [0.15, 0.2) is 11.6 Å². The predicted octanol–water partition coefficient (Wildman–Crippen LogP) is 4.13. The number of fused-ring (bicyclic) bond motifs is 5. The first-order valence-corrected chi connectivity index (χ1v) is 9.28. The van der Waals surface area contributed by atoms with E-state index in [1.807, 2.05) is 6.08 Å². The van der Waals surface area contributed by atoms with Crippen molar-refractivity contribution in [2.75, 3.05) is 0 Å². The van der Waals surface area contributed by atoms with Gasteiger partial charge in [-0.2, -0.15) is 0 Å². The van der Waals surface area contributed by atoms with Gasteiger partial charge in [-0.1, -0.05) is 26.3 Å². The summed E-state index contributed by atoms with van der Waals surface area (Å²) < 4.78 is 0. The minimum absolute atomic E-state index is 0.0941. The molecule has 3 saturated carbocycles. The van der Waals surface area contributed by atoms with Gasteiger partial charge in [0.15, 0.2) is 5.78 Å². The number of hydrogen-bond donors (Lipinski definition) is 1. The van der Waals surface area contributed by atoms with Gasteiger partial charge in [-0.05, 0) is 79.1 Å². The van der Waals surface area contributed by atoms with Gasteiger partial charge in [0.2, 0.25) is 0 Å². The van der Waals surface area contributed by atoms with Crippen LogP contribution < -0.4 is 0 Å². The normalized spacial score (nSPS) is 54.3. The van der Waals surface area contributed by atoms with Gasteiger partial charge in [-0.15, -0.1) is 0 Å². The molecule has 0 aromatic heterocycles. The number of allylic oxidation sites excluding steroid dienone is 1.